The summed E-state index contributed by atoms with van der Waals surface area (Å²) in [6.07, 6.45) is 0. The predicted molar refractivity (Wildman–Crippen MR) is 99.2 cm³/mol. The van der Waals surface area contributed by atoms with Crippen molar-refractivity contribution in [1.29, 1.82) is 0 Å². The van der Waals surface area contributed by atoms with Crippen molar-refractivity contribution in [3.8, 4) is 0 Å². The molecule has 0 fully saturated rings. The average molecular weight is 348 g/mol. The molecule has 3 aromatic rings. The SMILES string of the molecule is Cc1cccc(Nc2cccc3c2C(=O)c2cccc(Cl)c2C3=O)c1. The monoisotopic (exact) mass is 347 g/mol. The van der Waals surface area contributed by atoms with Crippen molar-refractivity contribution in [3.63, 3.8) is 0 Å². The number of rotatable bonds is 2. The summed E-state index contributed by atoms with van der Waals surface area (Å²) >= 11 is 6.17. The Labute approximate surface area is 150 Å². The first-order chi connectivity index (χ1) is 12.1. The van der Waals surface area contributed by atoms with Crippen molar-refractivity contribution < 1.29 is 9.59 Å². The van der Waals surface area contributed by atoms with E-state index in [1.807, 2.05) is 37.3 Å². The Balaban J connectivity index is 1.87. The van der Waals surface area contributed by atoms with Crippen LogP contribution in [-0.2, 0) is 0 Å². The zero-order valence-corrected chi connectivity index (χ0v) is 14.2. The normalized spacial score (nSPS) is 12.6. The summed E-state index contributed by atoms with van der Waals surface area (Å²) in [7, 11) is 0. The van der Waals surface area contributed by atoms with Crippen LogP contribution in [0.25, 0.3) is 0 Å². The minimum atomic E-state index is -0.219. The lowest BCUT2D eigenvalue weighted by Gasteiger charge is -2.21. The van der Waals surface area contributed by atoms with Gasteiger partial charge in [-0.25, -0.2) is 0 Å². The fourth-order valence-electron chi connectivity index (χ4n) is 3.18. The summed E-state index contributed by atoms with van der Waals surface area (Å²) in [4.78, 5) is 25.9. The van der Waals surface area contributed by atoms with Crippen molar-refractivity contribution in [2.75, 3.05) is 5.32 Å². The molecule has 0 saturated heterocycles. The van der Waals surface area contributed by atoms with Crippen LogP contribution in [-0.4, -0.2) is 11.6 Å². The number of benzene rings is 3. The summed E-state index contributed by atoms with van der Waals surface area (Å²) in [5, 5.41) is 3.57. The standard InChI is InChI=1S/C21H14ClNO2/c1-12-5-2-6-13(11-12)23-17-10-4-8-15-19(17)21(25)14-7-3-9-16(22)18(14)20(15)24/h2-11,23H,1H3. The van der Waals surface area contributed by atoms with Crippen LogP contribution in [0, 0.1) is 6.92 Å². The summed E-state index contributed by atoms with van der Waals surface area (Å²) < 4.78 is 0. The Bertz CT molecular complexity index is 1040. The second-order valence-electron chi connectivity index (χ2n) is 6.04. The molecule has 0 radical (unpaired) electrons. The van der Waals surface area contributed by atoms with Gasteiger partial charge in [-0.05, 0) is 36.8 Å². The highest BCUT2D eigenvalue weighted by Gasteiger charge is 2.33. The fourth-order valence-corrected chi connectivity index (χ4v) is 3.44. The lowest BCUT2D eigenvalue weighted by molar-refractivity contribution is 0.0980. The van der Waals surface area contributed by atoms with Crippen molar-refractivity contribution in [2.24, 2.45) is 0 Å². The molecule has 1 N–H and O–H groups in total. The molecule has 0 unspecified atom stereocenters. The molecule has 1 aliphatic carbocycles. The number of hydrogen-bond donors (Lipinski definition) is 1. The maximum Gasteiger partial charge on any atom is 0.196 e. The molecular formula is C21H14ClNO2. The fraction of sp³-hybridized carbons (Fsp3) is 0.0476. The topological polar surface area (TPSA) is 46.2 Å². The zero-order valence-electron chi connectivity index (χ0n) is 13.5. The largest absolute Gasteiger partial charge is 0.355 e. The Morgan fingerprint density at radius 2 is 1.44 bits per heavy atom. The molecule has 25 heavy (non-hydrogen) atoms. The number of ketones is 2. The van der Waals surface area contributed by atoms with E-state index in [9.17, 15) is 9.59 Å². The number of fused-ring (bicyclic) bond motifs is 2. The van der Waals surface area contributed by atoms with Gasteiger partial charge in [0.15, 0.2) is 11.6 Å². The molecule has 0 spiro atoms. The van der Waals surface area contributed by atoms with E-state index >= 15 is 0 Å². The van der Waals surface area contributed by atoms with Crippen LogP contribution in [0.15, 0.2) is 60.7 Å². The first kappa shape index (κ1) is 15.6. The summed E-state index contributed by atoms with van der Waals surface area (Å²) in [6.45, 7) is 2.00. The molecule has 3 nitrogen and oxygen atoms in total. The summed E-state index contributed by atoms with van der Waals surface area (Å²) in [5.74, 6) is -0.411. The smallest absolute Gasteiger partial charge is 0.196 e. The van der Waals surface area contributed by atoms with Crippen LogP contribution in [0.4, 0.5) is 11.4 Å². The van der Waals surface area contributed by atoms with E-state index in [1.54, 1.807) is 30.3 Å². The molecule has 0 atom stereocenters. The molecule has 1 aliphatic rings. The minimum Gasteiger partial charge on any atom is -0.355 e. The lowest BCUT2D eigenvalue weighted by Crippen LogP contribution is -2.22. The molecule has 0 bridgehead atoms. The van der Waals surface area contributed by atoms with E-state index in [-0.39, 0.29) is 17.1 Å². The van der Waals surface area contributed by atoms with Gasteiger partial charge in [-0.1, -0.05) is 48.0 Å². The van der Waals surface area contributed by atoms with Crippen molar-refractivity contribution in [2.45, 2.75) is 6.92 Å². The van der Waals surface area contributed by atoms with Gasteiger partial charge in [0.25, 0.3) is 0 Å². The van der Waals surface area contributed by atoms with Crippen LogP contribution < -0.4 is 5.32 Å². The molecule has 0 aromatic heterocycles. The quantitative estimate of drug-likeness (QED) is 0.544. The predicted octanol–water partition coefficient (Wildman–Crippen LogP) is 5.17. The highest BCUT2D eigenvalue weighted by atomic mass is 35.5. The summed E-state index contributed by atoms with van der Waals surface area (Å²) in [6, 6.07) is 18.1. The van der Waals surface area contributed by atoms with Gasteiger partial charge in [0.2, 0.25) is 0 Å². The number of carbonyl (C=O) groups excluding carboxylic acids is 2. The van der Waals surface area contributed by atoms with E-state index in [0.29, 0.717) is 27.4 Å². The van der Waals surface area contributed by atoms with Crippen LogP contribution >= 0.6 is 11.6 Å². The van der Waals surface area contributed by atoms with Gasteiger partial charge >= 0.3 is 0 Å². The van der Waals surface area contributed by atoms with E-state index in [4.69, 9.17) is 11.6 Å². The summed E-state index contributed by atoms with van der Waals surface area (Å²) in [5.41, 5.74) is 4.00. The van der Waals surface area contributed by atoms with Gasteiger partial charge in [-0.2, -0.15) is 0 Å². The molecule has 0 amide bonds. The lowest BCUT2D eigenvalue weighted by atomic mass is 9.83. The Hall–Kier alpha value is -2.91. The number of anilines is 2. The first-order valence-electron chi connectivity index (χ1n) is 7.91. The van der Waals surface area contributed by atoms with E-state index < -0.39 is 0 Å². The Morgan fingerprint density at radius 1 is 0.800 bits per heavy atom. The van der Waals surface area contributed by atoms with Crippen LogP contribution in [0.1, 0.15) is 37.4 Å². The van der Waals surface area contributed by atoms with Gasteiger partial charge in [0.05, 0.1) is 21.8 Å². The number of carbonyl (C=O) groups is 2. The first-order valence-corrected chi connectivity index (χ1v) is 8.28. The van der Waals surface area contributed by atoms with Gasteiger partial charge in [0, 0.05) is 16.8 Å². The average Bonchev–Trinajstić information content (AvgIpc) is 2.59. The highest BCUT2D eigenvalue weighted by Crippen LogP contribution is 2.36. The molecule has 0 saturated carbocycles. The molecule has 3 aromatic carbocycles. The maximum atomic E-state index is 13.0. The highest BCUT2D eigenvalue weighted by molar-refractivity contribution is 6.39. The maximum absolute atomic E-state index is 13.0. The second-order valence-corrected chi connectivity index (χ2v) is 6.45. The number of nitrogens with one attached hydrogen (secondary N) is 1. The molecular weight excluding hydrogens is 334 g/mol. The van der Waals surface area contributed by atoms with Crippen molar-refractivity contribution in [1.82, 2.24) is 0 Å². The van der Waals surface area contributed by atoms with Crippen LogP contribution in [0.3, 0.4) is 0 Å². The third-order valence-corrected chi connectivity index (χ3v) is 4.63. The number of aryl methyl sites for hydroxylation is 1. The van der Waals surface area contributed by atoms with Crippen molar-refractivity contribution >= 4 is 34.5 Å². The van der Waals surface area contributed by atoms with Crippen molar-refractivity contribution in [3.05, 3.63) is 93.5 Å². The van der Waals surface area contributed by atoms with Crippen LogP contribution in [0.2, 0.25) is 5.02 Å². The zero-order chi connectivity index (χ0) is 17.6. The molecule has 122 valence electrons. The van der Waals surface area contributed by atoms with E-state index in [1.165, 1.54) is 0 Å². The van der Waals surface area contributed by atoms with Gasteiger partial charge in [-0.15, -0.1) is 0 Å². The van der Waals surface area contributed by atoms with Gasteiger partial charge in [-0.3, -0.25) is 9.59 Å². The molecule has 4 rings (SSSR count). The second kappa shape index (κ2) is 5.87. The third kappa shape index (κ3) is 2.53. The number of halogens is 1. The Kier molecular flexibility index (Phi) is 3.66. The van der Waals surface area contributed by atoms with Crippen LogP contribution in [0.5, 0.6) is 0 Å². The molecule has 0 heterocycles. The van der Waals surface area contributed by atoms with Gasteiger partial charge in [0.1, 0.15) is 0 Å². The molecule has 4 heteroatoms. The van der Waals surface area contributed by atoms with Gasteiger partial charge < -0.3 is 5.32 Å². The van der Waals surface area contributed by atoms with E-state index in [0.717, 1.165) is 11.3 Å². The Morgan fingerprint density at radius 3 is 2.20 bits per heavy atom. The molecule has 0 aliphatic heterocycles. The van der Waals surface area contributed by atoms with E-state index in [2.05, 4.69) is 5.32 Å². The number of hydrogen-bond acceptors (Lipinski definition) is 3. The minimum absolute atomic E-state index is 0.192. The third-order valence-electron chi connectivity index (χ3n) is 4.32.